The van der Waals surface area contributed by atoms with Crippen LogP contribution in [0.4, 0.5) is 5.69 Å². The van der Waals surface area contributed by atoms with E-state index in [0.717, 1.165) is 21.7 Å². The first-order valence-corrected chi connectivity index (χ1v) is 14.6. The molecule has 0 aliphatic heterocycles. The maximum absolute atomic E-state index is 14.0. The van der Waals surface area contributed by atoms with E-state index in [9.17, 15) is 18.0 Å². The Morgan fingerprint density at radius 2 is 1.58 bits per heavy atom. The van der Waals surface area contributed by atoms with E-state index in [0.29, 0.717) is 26.9 Å². The van der Waals surface area contributed by atoms with E-state index in [-0.39, 0.29) is 13.0 Å². The van der Waals surface area contributed by atoms with Crippen LogP contribution in [0.5, 0.6) is 0 Å². The summed E-state index contributed by atoms with van der Waals surface area (Å²) in [6.07, 6.45) is 1.26. The molecule has 0 fully saturated rings. The number of sulfonamides is 1. The van der Waals surface area contributed by atoms with E-state index >= 15 is 0 Å². The fraction of sp³-hybridized carbons (Fsp3) is 0.286. The molecule has 0 aliphatic rings. The largest absolute Gasteiger partial charge is 0.357 e. The van der Waals surface area contributed by atoms with Crippen molar-refractivity contribution in [3.05, 3.63) is 99.0 Å². The lowest BCUT2D eigenvalue weighted by Crippen LogP contribution is -2.53. The SMILES string of the molecule is CNC(=O)[C@@H](Cc1ccccc1)N(Cc1c(Cl)cccc1Cl)C(=O)CN(c1ccc(C)cc1C)S(C)(=O)=O. The van der Waals surface area contributed by atoms with Crippen molar-refractivity contribution < 1.29 is 18.0 Å². The number of anilines is 1. The minimum absolute atomic E-state index is 0.0905. The van der Waals surface area contributed by atoms with E-state index in [1.54, 1.807) is 37.3 Å². The Bertz CT molecular complexity index is 1390. The highest BCUT2D eigenvalue weighted by molar-refractivity contribution is 7.92. The number of hydrogen-bond acceptors (Lipinski definition) is 4. The summed E-state index contributed by atoms with van der Waals surface area (Å²) >= 11 is 12.9. The molecular formula is C28H31Cl2N3O4S. The van der Waals surface area contributed by atoms with E-state index in [2.05, 4.69) is 5.32 Å². The molecule has 0 saturated heterocycles. The van der Waals surface area contributed by atoms with Crippen LogP contribution in [-0.2, 0) is 32.6 Å². The third-order valence-electron chi connectivity index (χ3n) is 6.21. The number of carbonyl (C=O) groups excluding carboxylic acids is 2. The molecule has 1 N–H and O–H groups in total. The molecule has 0 unspecified atom stereocenters. The molecule has 0 bridgehead atoms. The third-order valence-corrected chi connectivity index (χ3v) is 8.04. The summed E-state index contributed by atoms with van der Waals surface area (Å²) < 4.78 is 26.8. The molecular weight excluding hydrogens is 545 g/mol. The smallest absolute Gasteiger partial charge is 0.244 e. The van der Waals surface area contributed by atoms with Crippen LogP contribution in [0.3, 0.4) is 0 Å². The fourth-order valence-electron chi connectivity index (χ4n) is 4.25. The van der Waals surface area contributed by atoms with Gasteiger partial charge in [0.25, 0.3) is 0 Å². The Morgan fingerprint density at radius 3 is 2.13 bits per heavy atom. The summed E-state index contributed by atoms with van der Waals surface area (Å²) in [5, 5.41) is 3.30. The van der Waals surface area contributed by atoms with Gasteiger partial charge in [0.2, 0.25) is 21.8 Å². The maximum atomic E-state index is 14.0. The lowest BCUT2D eigenvalue weighted by Gasteiger charge is -2.34. The highest BCUT2D eigenvalue weighted by Gasteiger charge is 2.33. The molecule has 202 valence electrons. The number of rotatable bonds is 10. The first-order valence-electron chi connectivity index (χ1n) is 11.9. The number of nitrogens with one attached hydrogen (secondary N) is 1. The minimum Gasteiger partial charge on any atom is -0.357 e. The molecule has 1 atom stereocenters. The quantitative estimate of drug-likeness (QED) is 0.377. The van der Waals surface area contributed by atoms with E-state index < -0.39 is 34.4 Å². The monoisotopic (exact) mass is 575 g/mol. The molecule has 0 radical (unpaired) electrons. The number of hydrogen-bond donors (Lipinski definition) is 1. The van der Waals surface area contributed by atoms with Crippen LogP contribution in [-0.4, -0.2) is 51.0 Å². The number of benzene rings is 3. The number of aryl methyl sites for hydroxylation is 2. The van der Waals surface area contributed by atoms with Crippen molar-refractivity contribution in [2.24, 2.45) is 0 Å². The van der Waals surface area contributed by atoms with E-state index in [1.807, 2.05) is 43.3 Å². The molecule has 7 nitrogen and oxygen atoms in total. The fourth-order valence-corrected chi connectivity index (χ4v) is 5.68. The topological polar surface area (TPSA) is 86.8 Å². The number of nitrogens with zero attached hydrogens (tertiary/aromatic N) is 2. The first kappa shape index (κ1) is 29.5. The molecule has 3 aromatic carbocycles. The predicted molar refractivity (Wildman–Crippen MR) is 153 cm³/mol. The van der Waals surface area contributed by atoms with Gasteiger partial charge in [-0.3, -0.25) is 13.9 Å². The van der Waals surface area contributed by atoms with Crippen LogP contribution in [0.1, 0.15) is 22.3 Å². The second-order valence-electron chi connectivity index (χ2n) is 9.10. The molecule has 0 heterocycles. The molecule has 2 amide bonds. The summed E-state index contributed by atoms with van der Waals surface area (Å²) in [6.45, 7) is 3.09. The molecule has 0 saturated carbocycles. The first-order chi connectivity index (χ1) is 17.9. The molecule has 3 aromatic rings. The normalized spacial score (nSPS) is 12.1. The van der Waals surface area contributed by atoms with Gasteiger partial charge in [0.1, 0.15) is 12.6 Å². The molecule has 0 spiro atoms. The second-order valence-corrected chi connectivity index (χ2v) is 11.8. The Balaban J connectivity index is 2.09. The Hall–Kier alpha value is -3.07. The number of carbonyl (C=O) groups is 2. The van der Waals surface area contributed by atoms with Crippen LogP contribution in [0.15, 0.2) is 66.7 Å². The molecule has 0 aromatic heterocycles. The molecule has 38 heavy (non-hydrogen) atoms. The average molecular weight is 577 g/mol. The van der Waals surface area contributed by atoms with Gasteiger partial charge < -0.3 is 10.2 Å². The van der Waals surface area contributed by atoms with Gasteiger partial charge in [-0.15, -0.1) is 0 Å². The average Bonchev–Trinajstić information content (AvgIpc) is 2.86. The van der Waals surface area contributed by atoms with Crippen molar-refractivity contribution >= 4 is 50.7 Å². The predicted octanol–water partition coefficient (Wildman–Crippen LogP) is 4.76. The van der Waals surface area contributed by atoms with E-state index in [1.165, 1.54) is 11.9 Å². The zero-order chi connectivity index (χ0) is 28.0. The second kappa shape index (κ2) is 12.7. The lowest BCUT2D eigenvalue weighted by molar-refractivity contribution is -0.139. The Morgan fingerprint density at radius 1 is 0.947 bits per heavy atom. The highest BCUT2D eigenvalue weighted by atomic mass is 35.5. The van der Waals surface area contributed by atoms with Gasteiger partial charge in [0.05, 0.1) is 11.9 Å². The Kier molecular flexibility index (Phi) is 9.82. The van der Waals surface area contributed by atoms with Crippen molar-refractivity contribution in [3.8, 4) is 0 Å². The van der Waals surface area contributed by atoms with Crippen LogP contribution >= 0.6 is 23.2 Å². The summed E-state index contributed by atoms with van der Waals surface area (Å²) in [7, 11) is -2.36. The third kappa shape index (κ3) is 7.28. The van der Waals surface area contributed by atoms with Crippen molar-refractivity contribution in [2.75, 3.05) is 24.2 Å². The van der Waals surface area contributed by atoms with Gasteiger partial charge in [0, 0.05) is 35.6 Å². The van der Waals surface area contributed by atoms with Gasteiger partial charge in [-0.1, -0.05) is 77.3 Å². The van der Waals surface area contributed by atoms with E-state index in [4.69, 9.17) is 23.2 Å². The van der Waals surface area contributed by atoms with Crippen LogP contribution in [0.25, 0.3) is 0 Å². The summed E-state index contributed by atoms with van der Waals surface area (Å²) in [6, 6.07) is 18.6. The lowest BCUT2D eigenvalue weighted by atomic mass is 10.0. The van der Waals surface area contributed by atoms with Gasteiger partial charge >= 0.3 is 0 Å². The summed E-state index contributed by atoms with van der Waals surface area (Å²) in [4.78, 5) is 28.5. The van der Waals surface area contributed by atoms with Crippen molar-refractivity contribution in [2.45, 2.75) is 32.9 Å². The zero-order valence-corrected chi connectivity index (χ0v) is 24.1. The number of likely N-dealkylation sites (N-methyl/N-ethyl adjacent to an activating group) is 1. The Labute approximate surface area is 234 Å². The summed E-state index contributed by atoms with van der Waals surface area (Å²) in [5.41, 5.74) is 3.35. The number of amides is 2. The van der Waals surface area contributed by atoms with Crippen molar-refractivity contribution in [1.82, 2.24) is 10.2 Å². The van der Waals surface area contributed by atoms with Crippen molar-refractivity contribution in [1.29, 1.82) is 0 Å². The molecule has 10 heteroatoms. The van der Waals surface area contributed by atoms with Crippen LogP contribution in [0, 0.1) is 13.8 Å². The van der Waals surface area contributed by atoms with Gasteiger partial charge in [-0.05, 0) is 43.2 Å². The minimum atomic E-state index is -3.85. The van der Waals surface area contributed by atoms with Gasteiger partial charge in [0.15, 0.2) is 0 Å². The van der Waals surface area contributed by atoms with Gasteiger partial charge in [-0.25, -0.2) is 8.42 Å². The van der Waals surface area contributed by atoms with Gasteiger partial charge in [-0.2, -0.15) is 0 Å². The molecule has 0 aliphatic carbocycles. The molecule has 3 rings (SSSR count). The highest BCUT2D eigenvalue weighted by Crippen LogP contribution is 2.28. The standard InChI is InChI=1S/C28H31Cl2N3O4S/c1-19-13-14-25(20(2)15-19)33(38(4,36)37)18-27(34)32(17-22-23(29)11-8-12-24(22)30)26(28(35)31-3)16-21-9-6-5-7-10-21/h5-15,26H,16-18H2,1-4H3,(H,31,35)/t26-/m1/s1. The van der Waals surface area contributed by atoms with Crippen LogP contribution < -0.4 is 9.62 Å². The summed E-state index contributed by atoms with van der Waals surface area (Å²) in [5.74, 6) is -0.973. The zero-order valence-electron chi connectivity index (χ0n) is 21.7. The maximum Gasteiger partial charge on any atom is 0.244 e. The number of halogens is 2. The van der Waals surface area contributed by atoms with Crippen LogP contribution in [0.2, 0.25) is 10.0 Å². The van der Waals surface area contributed by atoms with Crippen molar-refractivity contribution in [3.63, 3.8) is 0 Å².